The lowest BCUT2D eigenvalue weighted by Crippen LogP contribution is -2.08. The molecule has 1 N–H and O–H groups in total. The second kappa shape index (κ2) is 6.21. The molecule has 0 radical (unpaired) electrons. The Hall–Kier alpha value is -2.63. The fourth-order valence-corrected chi connectivity index (χ4v) is 1.60. The smallest absolute Gasteiger partial charge is 0.307 e. The molecule has 2 aromatic rings. The number of halogens is 3. The standard InChI is InChI=1S/C15H11F3N2O/c16-15(17,18)12-5-3-4-11(10-12)7-8-14(21)20-13-6-1-2-9-19-13/h1-10H,(H,19,20,21)/b8-7+. The van der Waals surface area contributed by atoms with Crippen LogP contribution in [0.1, 0.15) is 11.1 Å². The molecule has 0 aliphatic carbocycles. The molecule has 1 aromatic heterocycles. The van der Waals surface area contributed by atoms with Crippen LogP contribution in [0.15, 0.2) is 54.7 Å². The van der Waals surface area contributed by atoms with E-state index in [1.54, 1.807) is 18.2 Å². The van der Waals surface area contributed by atoms with Crippen molar-refractivity contribution in [2.24, 2.45) is 0 Å². The number of aromatic nitrogens is 1. The molecule has 0 spiro atoms. The van der Waals surface area contributed by atoms with Gasteiger partial charge in [0.15, 0.2) is 0 Å². The Bertz CT molecular complexity index is 651. The quantitative estimate of drug-likeness (QED) is 0.875. The summed E-state index contributed by atoms with van der Waals surface area (Å²) in [6, 6.07) is 9.75. The first-order valence-electron chi connectivity index (χ1n) is 6.02. The first-order valence-corrected chi connectivity index (χ1v) is 6.02. The number of anilines is 1. The van der Waals surface area contributed by atoms with Crippen molar-refractivity contribution < 1.29 is 18.0 Å². The Morgan fingerprint density at radius 2 is 1.95 bits per heavy atom. The van der Waals surface area contributed by atoms with Crippen LogP contribution in [0.5, 0.6) is 0 Å². The minimum absolute atomic E-state index is 0.293. The van der Waals surface area contributed by atoms with E-state index in [0.717, 1.165) is 18.2 Å². The van der Waals surface area contributed by atoms with Gasteiger partial charge in [0.2, 0.25) is 5.91 Å². The Labute approximate surface area is 119 Å². The van der Waals surface area contributed by atoms with Crippen molar-refractivity contribution in [3.63, 3.8) is 0 Å². The van der Waals surface area contributed by atoms with E-state index in [-0.39, 0.29) is 0 Å². The first-order chi connectivity index (χ1) is 9.95. The Morgan fingerprint density at radius 1 is 1.14 bits per heavy atom. The predicted molar refractivity (Wildman–Crippen MR) is 73.3 cm³/mol. The van der Waals surface area contributed by atoms with Gasteiger partial charge in [0, 0.05) is 12.3 Å². The Morgan fingerprint density at radius 3 is 2.62 bits per heavy atom. The van der Waals surface area contributed by atoms with Crippen molar-refractivity contribution >= 4 is 17.8 Å². The van der Waals surface area contributed by atoms with Gasteiger partial charge in [-0.15, -0.1) is 0 Å². The normalized spacial score (nSPS) is 11.6. The molecule has 0 aliphatic rings. The van der Waals surface area contributed by atoms with Crippen molar-refractivity contribution in [2.45, 2.75) is 6.18 Å². The summed E-state index contributed by atoms with van der Waals surface area (Å²) < 4.78 is 37.6. The van der Waals surface area contributed by atoms with Gasteiger partial charge in [-0.2, -0.15) is 13.2 Å². The number of amides is 1. The number of carbonyl (C=O) groups excluding carboxylic acids is 1. The number of pyridine rings is 1. The zero-order valence-electron chi connectivity index (χ0n) is 10.8. The first kappa shape index (κ1) is 14.8. The van der Waals surface area contributed by atoms with Crippen molar-refractivity contribution in [3.05, 3.63) is 65.9 Å². The fourth-order valence-electron chi connectivity index (χ4n) is 1.60. The van der Waals surface area contributed by atoms with Crippen LogP contribution >= 0.6 is 0 Å². The second-order valence-electron chi connectivity index (χ2n) is 4.16. The van der Waals surface area contributed by atoms with E-state index in [1.807, 2.05) is 0 Å². The highest BCUT2D eigenvalue weighted by Crippen LogP contribution is 2.29. The average Bonchev–Trinajstić information content (AvgIpc) is 2.46. The molecule has 0 aliphatic heterocycles. The second-order valence-corrected chi connectivity index (χ2v) is 4.16. The summed E-state index contributed by atoms with van der Waals surface area (Å²) in [6.45, 7) is 0. The molecule has 1 amide bonds. The van der Waals surface area contributed by atoms with E-state index < -0.39 is 17.6 Å². The maximum atomic E-state index is 12.5. The topological polar surface area (TPSA) is 42.0 Å². The van der Waals surface area contributed by atoms with Crippen molar-refractivity contribution in [1.82, 2.24) is 4.98 Å². The number of rotatable bonds is 3. The highest BCUT2D eigenvalue weighted by atomic mass is 19.4. The molecule has 1 aromatic carbocycles. The number of nitrogens with one attached hydrogen (secondary N) is 1. The molecule has 0 saturated carbocycles. The molecule has 6 heteroatoms. The van der Waals surface area contributed by atoms with Gasteiger partial charge in [0.05, 0.1) is 5.56 Å². The van der Waals surface area contributed by atoms with Crippen LogP contribution in [-0.4, -0.2) is 10.9 Å². The molecule has 0 saturated heterocycles. The minimum Gasteiger partial charge on any atom is -0.307 e. The summed E-state index contributed by atoms with van der Waals surface area (Å²) in [4.78, 5) is 15.5. The molecule has 3 nitrogen and oxygen atoms in total. The fraction of sp³-hybridized carbons (Fsp3) is 0.0667. The summed E-state index contributed by atoms with van der Waals surface area (Å²) in [5, 5.41) is 2.50. The highest BCUT2D eigenvalue weighted by Gasteiger charge is 2.30. The third-order valence-electron chi connectivity index (χ3n) is 2.56. The molecular formula is C15H11F3N2O. The van der Waals surface area contributed by atoms with Crippen molar-refractivity contribution in [3.8, 4) is 0 Å². The van der Waals surface area contributed by atoms with Crippen LogP contribution in [0.3, 0.4) is 0 Å². The zero-order chi connectivity index (χ0) is 15.3. The lowest BCUT2D eigenvalue weighted by Gasteiger charge is -2.06. The van der Waals surface area contributed by atoms with Gasteiger partial charge < -0.3 is 5.32 Å². The number of benzene rings is 1. The number of hydrogen-bond acceptors (Lipinski definition) is 2. The third-order valence-corrected chi connectivity index (χ3v) is 2.56. The van der Waals surface area contributed by atoms with Gasteiger partial charge in [0.25, 0.3) is 0 Å². The van der Waals surface area contributed by atoms with E-state index >= 15 is 0 Å². The highest BCUT2D eigenvalue weighted by molar-refractivity contribution is 6.01. The van der Waals surface area contributed by atoms with E-state index in [4.69, 9.17) is 0 Å². The molecule has 0 unspecified atom stereocenters. The monoisotopic (exact) mass is 292 g/mol. The predicted octanol–water partition coefficient (Wildman–Crippen LogP) is 3.75. The molecule has 2 rings (SSSR count). The van der Waals surface area contributed by atoms with E-state index in [1.165, 1.54) is 24.4 Å². The van der Waals surface area contributed by atoms with Crippen LogP contribution < -0.4 is 5.32 Å². The van der Waals surface area contributed by atoms with E-state index in [2.05, 4.69) is 10.3 Å². The third kappa shape index (κ3) is 4.45. The molecule has 21 heavy (non-hydrogen) atoms. The van der Waals surface area contributed by atoms with Crippen LogP contribution in [0, 0.1) is 0 Å². The van der Waals surface area contributed by atoms with Crippen LogP contribution in [-0.2, 0) is 11.0 Å². The van der Waals surface area contributed by atoms with Crippen LogP contribution in [0.25, 0.3) is 6.08 Å². The molecule has 0 bridgehead atoms. The number of hydrogen-bond donors (Lipinski definition) is 1. The average molecular weight is 292 g/mol. The SMILES string of the molecule is O=C(/C=C/c1cccc(C(F)(F)F)c1)Nc1ccccn1. The molecule has 0 fully saturated rings. The summed E-state index contributed by atoms with van der Waals surface area (Å²) in [7, 11) is 0. The van der Waals surface area contributed by atoms with Crippen LogP contribution in [0.4, 0.5) is 19.0 Å². The lowest BCUT2D eigenvalue weighted by atomic mass is 10.1. The lowest BCUT2D eigenvalue weighted by molar-refractivity contribution is -0.137. The number of carbonyl (C=O) groups is 1. The van der Waals surface area contributed by atoms with E-state index in [9.17, 15) is 18.0 Å². The van der Waals surface area contributed by atoms with Gasteiger partial charge in [-0.1, -0.05) is 18.2 Å². The van der Waals surface area contributed by atoms with Crippen molar-refractivity contribution in [1.29, 1.82) is 0 Å². The van der Waals surface area contributed by atoms with Crippen LogP contribution in [0.2, 0.25) is 0 Å². The summed E-state index contributed by atoms with van der Waals surface area (Å²) in [5.41, 5.74) is -0.462. The Kier molecular flexibility index (Phi) is 4.37. The molecule has 1 heterocycles. The Balaban J connectivity index is 2.06. The minimum atomic E-state index is -4.40. The number of nitrogens with zero attached hydrogens (tertiary/aromatic N) is 1. The largest absolute Gasteiger partial charge is 0.416 e. The van der Waals surface area contributed by atoms with Gasteiger partial charge in [-0.25, -0.2) is 4.98 Å². The molecule has 108 valence electrons. The van der Waals surface area contributed by atoms with Gasteiger partial charge >= 0.3 is 6.18 Å². The summed E-state index contributed by atoms with van der Waals surface area (Å²) >= 11 is 0. The van der Waals surface area contributed by atoms with Crippen molar-refractivity contribution in [2.75, 3.05) is 5.32 Å². The summed E-state index contributed by atoms with van der Waals surface area (Å²) in [6.07, 6.45) is -0.413. The molecular weight excluding hydrogens is 281 g/mol. The molecule has 0 atom stereocenters. The van der Waals surface area contributed by atoms with Gasteiger partial charge in [-0.05, 0) is 35.9 Å². The van der Waals surface area contributed by atoms with Gasteiger partial charge in [-0.3, -0.25) is 4.79 Å². The summed E-state index contributed by atoms with van der Waals surface area (Å²) in [5.74, 6) is -0.0951. The van der Waals surface area contributed by atoms with E-state index in [0.29, 0.717) is 11.4 Å². The maximum Gasteiger partial charge on any atom is 0.416 e. The zero-order valence-corrected chi connectivity index (χ0v) is 10.8. The van der Waals surface area contributed by atoms with Gasteiger partial charge in [0.1, 0.15) is 5.82 Å². The number of alkyl halides is 3. The maximum absolute atomic E-state index is 12.5.